The average molecular weight is 391 g/mol. The molecule has 0 atom stereocenters. The molecule has 2 heterocycles. The van der Waals surface area contributed by atoms with E-state index in [0.717, 1.165) is 35.3 Å². The molecular weight excluding hydrogens is 372 g/mol. The summed E-state index contributed by atoms with van der Waals surface area (Å²) in [6.07, 6.45) is 2.39. The van der Waals surface area contributed by atoms with Gasteiger partial charge in [-0.3, -0.25) is 14.3 Å². The fourth-order valence-corrected chi connectivity index (χ4v) is 3.67. The van der Waals surface area contributed by atoms with Gasteiger partial charge in [-0.25, -0.2) is 4.98 Å². The van der Waals surface area contributed by atoms with Crippen LogP contribution in [0, 0.1) is 11.3 Å². The lowest BCUT2D eigenvalue weighted by Crippen LogP contribution is -2.37. The van der Waals surface area contributed by atoms with Gasteiger partial charge in [0, 0.05) is 31.1 Å². The highest BCUT2D eigenvalue weighted by Crippen LogP contribution is 2.17. The van der Waals surface area contributed by atoms with Gasteiger partial charge in [-0.1, -0.05) is 35.9 Å². The van der Waals surface area contributed by atoms with Crippen molar-refractivity contribution in [2.45, 2.75) is 26.1 Å². The Morgan fingerprint density at radius 1 is 1.11 bits per heavy atom. The standard InChI is InChI=1S/C22H19ClN4O/c23-19-6-4-16(5-7-19)13-27-15-25-21-8-9-26(14-20(21)22(27)28)12-18-3-1-2-17(10-18)11-24/h1-7,10,15H,8-9,12-14H2. The SMILES string of the molecule is N#Cc1cccc(CN2CCc3ncn(Cc4ccc(Cl)cc4)c(=O)c3C2)c1. The molecule has 28 heavy (non-hydrogen) atoms. The van der Waals surface area contributed by atoms with Gasteiger partial charge >= 0.3 is 0 Å². The topological polar surface area (TPSA) is 61.9 Å². The average Bonchev–Trinajstić information content (AvgIpc) is 2.72. The van der Waals surface area contributed by atoms with Gasteiger partial charge in [0.2, 0.25) is 0 Å². The van der Waals surface area contributed by atoms with Crippen LogP contribution in [0.4, 0.5) is 0 Å². The first-order chi connectivity index (χ1) is 13.6. The zero-order valence-electron chi connectivity index (χ0n) is 15.3. The van der Waals surface area contributed by atoms with Crippen molar-refractivity contribution in [3.05, 3.63) is 98.2 Å². The molecule has 0 amide bonds. The Morgan fingerprint density at radius 2 is 1.93 bits per heavy atom. The molecule has 1 aromatic heterocycles. The smallest absolute Gasteiger partial charge is 0.258 e. The lowest BCUT2D eigenvalue weighted by Gasteiger charge is -2.28. The maximum atomic E-state index is 13.0. The molecule has 0 radical (unpaired) electrons. The monoisotopic (exact) mass is 390 g/mol. The maximum Gasteiger partial charge on any atom is 0.258 e. The van der Waals surface area contributed by atoms with Gasteiger partial charge in [0.15, 0.2) is 0 Å². The van der Waals surface area contributed by atoms with Crippen LogP contribution in [0.1, 0.15) is 27.9 Å². The number of hydrogen-bond acceptors (Lipinski definition) is 4. The molecule has 1 aliphatic rings. The van der Waals surface area contributed by atoms with Crippen LogP contribution in [-0.2, 0) is 26.1 Å². The normalized spacial score (nSPS) is 13.7. The van der Waals surface area contributed by atoms with Crippen LogP contribution < -0.4 is 5.56 Å². The van der Waals surface area contributed by atoms with Crippen LogP contribution in [0.3, 0.4) is 0 Å². The van der Waals surface area contributed by atoms with E-state index in [4.69, 9.17) is 16.9 Å². The van der Waals surface area contributed by atoms with E-state index in [0.29, 0.717) is 30.2 Å². The van der Waals surface area contributed by atoms with E-state index in [1.807, 2.05) is 42.5 Å². The van der Waals surface area contributed by atoms with Crippen molar-refractivity contribution in [2.75, 3.05) is 6.54 Å². The lowest BCUT2D eigenvalue weighted by atomic mass is 10.1. The molecule has 0 fully saturated rings. The zero-order valence-corrected chi connectivity index (χ0v) is 16.1. The summed E-state index contributed by atoms with van der Waals surface area (Å²) < 4.78 is 1.65. The second-order valence-corrected chi connectivity index (χ2v) is 7.44. The van der Waals surface area contributed by atoms with Crippen molar-refractivity contribution >= 4 is 11.6 Å². The molecule has 0 unspecified atom stereocenters. The summed E-state index contributed by atoms with van der Waals surface area (Å²) in [4.78, 5) is 19.8. The first kappa shape index (κ1) is 18.4. The van der Waals surface area contributed by atoms with Gasteiger partial charge in [0.25, 0.3) is 5.56 Å². The van der Waals surface area contributed by atoms with Crippen LogP contribution in [0.15, 0.2) is 59.7 Å². The number of halogens is 1. The van der Waals surface area contributed by atoms with E-state index in [1.54, 1.807) is 17.0 Å². The Bertz CT molecular complexity index is 1100. The first-order valence-electron chi connectivity index (χ1n) is 9.15. The Labute approximate surface area is 168 Å². The van der Waals surface area contributed by atoms with Crippen molar-refractivity contribution in [3.63, 3.8) is 0 Å². The van der Waals surface area contributed by atoms with Crippen molar-refractivity contribution < 1.29 is 0 Å². The van der Waals surface area contributed by atoms with E-state index >= 15 is 0 Å². The summed E-state index contributed by atoms with van der Waals surface area (Å²) in [5.41, 5.74) is 4.40. The molecule has 3 aromatic rings. The molecule has 0 aliphatic carbocycles. The highest BCUT2D eigenvalue weighted by atomic mass is 35.5. The van der Waals surface area contributed by atoms with Gasteiger partial charge in [-0.2, -0.15) is 5.26 Å². The van der Waals surface area contributed by atoms with E-state index in [2.05, 4.69) is 16.0 Å². The van der Waals surface area contributed by atoms with Crippen LogP contribution >= 0.6 is 11.6 Å². The van der Waals surface area contributed by atoms with Crippen LogP contribution in [0.2, 0.25) is 5.02 Å². The second kappa shape index (κ2) is 7.97. The molecule has 0 bridgehead atoms. The Hall–Kier alpha value is -2.94. The number of fused-ring (bicyclic) bond motifs is 1. The molecule has 2 aromatic carbocycles. The van der Waals surface area contributed by atoms with Crippen LogP contribution in [0.5, 0.6) is 0 Å². The number of rotatable bonds is 4. The summed E-state index contributed by atoms with van der Waals surface area (Å²) in [6.45, 7) is 2.60. The Morgan fingerprint density at radius 3 is 2.71 bits per heavy atom. The molecule has 0 saturated heterocycles. The minimum Gasteiger partial charge on any atom is -0.294 e. The molecule has 0 spiro atoms. The fourth-order valence-electron chi connectivity index (χ4n) is 3.54. The number of benzene rings is 2. The fraction of sp³-hybridized carbons (Fsp3) is 0.227. The van der Waals surface area contributed by atoms with Crippen LogP contribution in [-0.4, -0.2) is 21.0 Å². The highest BCUT2D eigenvalue weighted by Gasteiger charge is 2.21. The lowest BCUT2D eigenvalue weighted by molar-refractivity contribution is 0.240. The maximum absolute atomic E-state index is 13.0. The molecule has 140 valence electrons. The molecule has 0 N–H and O–H groups in total. The van der Waals surface area contributed by atoms with Crippen molar-refractivity contribution in [2.24, 2.45) is 0 Å². The van der Waals surface area contributed by atoms with Crippen molar-refractivity contribution in [1.29, 1.82) is 5.26 Å². The Kier molecular flexibility index (Phi) is 5.25. The third-order valence-electron chi connectivity index (χ3n) is 5.00. The van der Waals surface area contributed by atoms with E-state index in [9.17, 15) is 4.79 Å². The third-order valence-corrected chi connectivity index (χ3v) is 5.25. The predicted octanol–water partition coefficient (Wildman–Crippen LogP) is 3.37. The van der Waals surface area contributed by atoms with E-state index in [-0.39, 0.29) is 5.56 Å². The van der Waals surface area contributed by atoms with Crippen molar-refractivity contribution in [3.8, 4) is 6.07 Å². The Balaban J connectivity index is 1.54. The highest BCUT2D eigenvalue weighted by molar-refractivity contribution is 6.30. The first-order valence-corrected chi connectivity index (χ1v) is 9.53. The quantitative estimate of drug-likeness (QED) is 0.685. The number of nitriles is 1. The minimum absolute atomic E-state index is 0.00965. The molecule has 0 saturated carbocycles. The van der Waals surface area contributed by atoms with Gasteiger partial charge in [0.1, 0.15) is 0 Å². The van der Waals surface area contributed by atoms with Gasteiger partial charge in [0.05, 0.1) is 35.8 Å². The third kappa shape index (κ3) is 3.99. The van der Waals surface area contributed by atoms with Gasteiger partial charge in [-0.15, -0.1) is 0 Å². The van der Waals surface area contributed by atoms with Crippen molar-refractivity contribution in [1.82, 2.24) is 14.5 Å². The van der Waals surface area contributed by atoms with Gasteiger partial charge in [-0.05, 0) is 35.4 Å². The number of hydrogen-bond donors (Lipinski definition) is 0. The number of aromatic nitrogens is 2. The van der Waals surface area contributed by atoms with E-state index in [1.165, 1.54) is 0 Å². The molecule has 5 nitrogen and oxygen atoms in total. The second-order valence-electron chi connectivity index (χ2n) is 7.00. The van der Waals surface area contributed by atoms with Crippen LogP contribution in [0.25, 0.3) is 0 Å². The molecule has 1 aliphatic heterocycles. The zero-order chi connectivity index (χ0) is 19.5. The van der Waals surface area contributed by atoms with Gasteiger partial charge < -0.3 is 0 Å². The largest absolute Gasteiger partial charge is 0.294 e. The molecular formula is C22H19ClN4O. The summed E-state index contributed by atoms with van der Waals surface area (Å²) in [7, 11) is 0. The summed E-state index contributed by atoms with van der Waals surface area (Å²) >= 11 is 5.94. The summed E-state index contributed by atoms with van der Waals surface area (Å²) in [6, 6.07) is 17.3. The predicted molar refractivity (Wildman–Crippen MR) is 108 cm³/mol. The summed E-state index contributed by atoms with van der Waals surface area (Å²) in [5, 5.41) is 9.75. The molecule has 4 rings (SSSR count). The molecule has 6 heteroatoms. The minimum atomic E-state index is 0.00965. The van der Waals surface area contributed by atoms with E-state index < -0.39 is 0 Å². The summed E-state index contributed by atoms with van der Waals surface area (Å²) in [5.74, 6) is 0. The number of nitrogens with zero attached hydrogens (tertiary/aromatic N) is 4.